The minimum absolute atomic E-state index is 0.0425. The van der Waals surface area contributed by atoms with Crippen molar-refractivity contribution in [1.29, 1.82) is 0 Å². The third-order valence-electron chi connectivity index (χ3n) is 2.40. The number of anilines is 1. The van der Waals surface area contributed by atoms with Crippen molar-refractivity contribution < 1.29 is 26.3 Å². The highest BCUT2D eigenvalue weighted by Gasteiger charge is 2.33. The number of nitrogens with zero attached hydrogens (tertiary/aromatic N) is 1. The second-order valence-corrected chi connectivity index (χ2v) is 4.08. The van der Waals surface area contributed by atoms with E-state index in [1.54, 1.807) is 6.92 Å². The van der Waals surface area contributed by atoms with Gasteiger partial charge in [-0.1, -0.05) is 13.0 Å². The summed E-state index contributed by atoms with van der Waals surface area (Å²) >= 11 is 0. The van der Waals surface area contributed by atoms with Gasteiger partial charge in [-0.15, -0.1) is 0 Å². The normalized spacial score (nSPS) is 12.6. The number of halogens is 6. The predicted molar refractivity (Wildman–Crippen MR) is 60.0 cm³/mol. The Hall–Kier alpha value is -1.40. The molecule has 0 aromatic heterocycles. The molecular weight excluding hydrogens is 272 g/mol. The van der Waals surface area contributed by atoms with E-state index in [-0.39, 0.29) is 12.2 Å². The van der Waals surface area contributed by atoms with Crippen LogP contribution in [0.15, 0.2) is 24.3 Å². The molecule has 0 amide bonds. The van der Waals surface area contributed by atoms with E-state index in [0.717, 1.165) is 23.1 Å². The van der Waals surface area contributed by atoms with Gasteiger partial charge in [0.2, 0.25) is 0 Å². The lowest BCUT2D eigenvalue weighted by Crippen LogP contribution is -2.35. The quantitative estimate of drug-likeness (QED) is 0.737. The smallest absolute Gasteiger partial charge is 0.363 e. The van der Waals surface area contributed by atoms with Crippen LogP contribution in [0, 0.1) is 0 Å². The van der Waals surface area contributed by atoms with Gasteiger partial charge in [-0.25, -0.2) is 0 Å². The SMILES string of the molecule is CCCN(CC(F)(F)F)c1cccc(C(F)(F)F)c1. The maximum Gasteiger partial charge on any atom is 0.416 e. The predicted octanol–water partition coefficient (Wildman–Crippen LogP) is 4.48. The van der Waals surface area contributed by atoms with Crippen molar-refractivity contribution in [2.75, 3.05) is 18.0 Å². The van der Waals surface area contributed by atoms with Crippen molar-refractivity contribution in [2.24, 2.45) is 0 Å². The zero-order valence-corrected chi connectivity index (χ0v) is 10.1. The molecule has 108 valence electrons. The summed E-state index contributed by atoms with van der Waals surface area (Å²) in [5.41, 5.74) is -1.03. The first-order valence-electron chi connectivity index (χ1n) is 5.62. The molecule has 7 heteroatoms. The van der Waals surface area contributed by atoms with Crippen LogP contribution in [0.5, 0.6) is 0 Å². The monoisotopic (exact) mass is 285 g/mol. The van der Waals surface area contributed by atoms with E-state index >= 15 is 0 Å². The van der Waals surface area contributed by atoms with Crippen molar-refractivity contribution in [3.05, 3.63) is 29.8 Å². The molecule has 1 rings (SSSR count). The molecule has 1 aromatic rings. The second-order valence-electron chi connectivity index (χ2n) is 4.08. The van der Waals surface area contributed by atoms with Crippen LogP contribution in [0.1, 0.15) is 18.9 Å². The number of hydrogen-bond donors (Lipinski definition) is 0. The number of benzene rings is 1. The highest BCUT2D eigenvalue weighted by atomic mass is 19.4. The zero-order valence-electron chi connectivity index (χ0n) is 10.1. The van der Waals surface area contributed by atoms with Gasteiger partial charge in [0.25, 0.3) is 0 Å². The molecule has 0 heterocycles. The fourth-order valence-corrected chi connectivity index (χ4v) is 1.66. The van der Waals surface area contributed by atoms with Gasteiger partial charge in [-0.05, 0) is 24.6 Å². The van der Waals surface area contributed by atoms with Crippen molar-refractivity contribution in [2.45, 2.75) is 25.7 Å². The minimum Gasteiger partial charge on any atom is -0.363 e. The van der Waals surface area contributed by atoms with Crippen LogP contribution >= 0.6 is 0 Å². The molecule has 0 aliphatic heterocycles. The van der Waals surface area contributed by atoms with Crippen LogP contribution in [0.2, 0.25) is 0 Å². The van der Waals surface area contributed by atoms with Gasteiger partial charge in [0.15, 0.2) is 0 Å². The largest absolute Gasteiger partial charge is 0.416 e. The lowest BCUT2D eigenvalue weighted by Gasteiger charge is -2.26. The highest BCUT2D eigenvalue weighted by Crippen LogP contribution is 2.32. The third-order valence-corrected chi connectivity index (χ3v) is 2.40. The highest BCUT2D eigenvalue weighted by molar-refractivity contribution is 5.49. The Morgan fingerprint density at radius 2 is 1.68 bits per heavy atom. The Morgan fingerprint density at radius 1 is 1.05 bits per heavy atom. The Balaban J connectivity index is 3.03. The van der Waals surface area contributed by atoms with E-state index in [1.165, 1.54) is 6.07 Å². The summed E-state index contributed by atoms with van der Waals surface area (Å²) in [6.07, 6.45) is -8.61. The standard InChI is InChI=1S/C12H13F6N/c1-2-6-19(8-11(13,14)15)10-5-3-4-9(7-10)12(16,17)18/h3-5,7H,2,6,8H2,1H3. The Bertz CT molecular complexity index is 409. The maximum atomic E-state index is 12.5. The van der Waals surface area contributed by atoms with E-state index in [2.05, 4.69) is 0 Å². The second kappa shape index (κ2) is 5.71. The van der Waals surface area contributed by atoms with E-state index in [4.69, 9.17) is 0 Å². The van der Waals surface area contributed by atoms with Crippen molar-refractivity contribution in [1.82, 2.24) is 0 Å². The molecule has 19 heavy (non-hydrogen) atoms. The molecule has 0 aliphatic rings. The summed E-state index contributed by atoms with van der Waals surface area (Å²) in [5, 5.41) is 0. The Morgan fingerprint density at radius 3 is 2.16 bits per heavy atom. The van der Waals surface area contributed by atoms with Crippen molar-refractivity contribution in [3.8, 4) is 0 Å². The number of hydrogen-bond acceptors (Lipinski definition) is 1. The molecule has 0 atom stereocenters. The molecular formula is C12H13F6N. The molecule has 0 bridgehead atoms. The van der Waals surface area contributed by atoms with Crippen LogP contribution in [-0.2, 0) is 6.18 Å². The molecule has 1 aromatic carbocycles. The fourth-order valence-electron chi connectivity index (χ4n) is 1.66. The lowest BCUT2D eigenvalue weighted by atomic mass is 10.1. The lowest BCUT2D eigenvalue weighted by molar-refractivity contribution is -0.137. The average molecular weight is 285 g/mol. The van der Waals surface area contributed by atoms with Gasteiger partial charge in [0.1, 0.15) is 6.54 Å². The van der Waals surface area contributed by atoms with Crippen LogP contribution < -0.4 is 4.90 Å². The first-order chi connectivity index (χ1) is 8.63. The summed E-state index contributed by atoms with van der Waals surface area (Å²) in [4.78, 5) is 0.898. The molecule has 0 saturated carbocycles. The average Bonchev–Trinajstić information content (AvgIpc) is 2.26. The van der Waals surface area contributed by atoms with E-state index in [1.807, 2.05) is 0 Å². The summed E-state index contributed by atoms with van der Waals surface area (Å²) in [6.45, 7) is 0.444. The van der Waals surface area contributed by atoms with Gasteiger partial charge < -0.3 is 4.90 Å². The molecule has 1 nitrogen and oxygen atoms in total. The maximum absolute atomic E-state index is 12.5. The van der Waals surface area contributed by atoms with E-state index in [0.29, 0.717) is 6.42 Å². The first-order valence-corrected chi connectivity index (χ1v) is 5.62. The molecule has 0 saturated heterocycles. The van der Waals surface area contributed by atoms with E-state index < -0.39 is 24.5 Å². The molecule has 0 aliphatic carbocycles. The van der Waals surface area contributed by atoms with Gasteiger partial charge >= 0.3 is 12.4 Å². The topological polar surface area (TPSA) is 3.24 Å². The summed E-state index contributed by atoms with van der Waals surface area (Å²) in [5.74, 6) is 0. The number of rotatable bonds is 4. The molecule has 0 radical (unpaired) electrons. The molecule has 0 unspecified atom stereocenters. The molecule has 0 N–H and O–H groups in total. The Labute approximate surface area is 106 Å². The molecule has 0 spiro atoms. The zero-order chi connectivity index (χ0) is 14.7. The molecule has 0 fully saturated rings. The van der Waals surface area contributed by atoms with Crippen LogP contribution in [0.25, 0.3) is 0 Å². The van der Waals surface area contributed by atoms with Crippen LogP contribution in [0.4, 0.5) is 32.0 Å². The van der Waals surface area contributed by atoms with Gasteiger partial charge in [0.05, 0.1) is 5.56 Å². The van der Waals surface area contributed by atoms with Gasteiger partial charge in [0, 0.05) is 12.2 Å². The summed E-state index contributed by atoms with van der Waals surface area (Å²) in [7, 11) is 0. The van der Waals surface area contributed by atoms with Crippen LogP contribution in [0.3, 0.4) is 0 Å². The first kappa shape index (κ1) is 15.7. The third kappa shape index (κ3) is 5.00. The Kier molecular flexibility index (Phi) is 4.70. The van der Waals surface area contributed by atoms with Gasteiger partial charge in [-0.3, -0.25) is 0 Å². The van der Waals surface area contributed by atoms with E-state index in [9.17, 15) is 26.3 Å². The van der Waals surface area contributed by atoms with Crippen molar-refractivity contribution in [3.63, 3.8) is 0 Å². The van der Waals surface area contributed by atoms with Crippen LogP contribution in [-0.4, -0.2) is 19.3 Å². The minimum atomic E-state index is -4.56. The summed E-state index contributed by atoms with van der Waals surface area (Å²) in [6, 6.07) is 3.93. The number of alkyl halides is 6. The summed E-state index contributed by atoms with van der Waals surface area (Å²) < 4.78 is 74.7. The van der Waals surface area contributed by atoms with Gasteiger partial charge in [-0.2, -0.15) is 26.3 Å². The van der Waals surface area contributed by atoms with Crippen molar-refractivity contribution >= 4 is 5.69 Å². The fraction of sp³-hybridized carbons (Fsp3) is 0.500.